The highest BCUT2D eigenvalue weighted by atomic mass is 32.2. The van der Waals surface area contributed by atoms with Crippen LogP contribution in [0, 0.1) is 11.7 Å². The van der Waals surface area contributed by atoms with Gasteiger partial charge in [-0.2, -0.15) is 13.2 Å². The summed E-state index contributed by atoms with van der Waals surface area (Å²) in [5, 5.41) is 3.35. The molecule has 0 aliphatic heterocycles. The Kier molecular flexibility index (Phi) is 5.93. The van der Waals surface area contributed by atoms with E-state index in [-0.39, 0.29) is 29.2 Å². The van der Waals surface area contributed by atoms with Gasteiger partial charge in [0.2, 0.25) is 0 Å². The molecule has 1 fully saturated rings. The number of alkyl halides is 3. The van der Waals surface area contributed by atoms with E-state index in [0.717, 1.165) is 18.4 Å². The zero-order chi connectivity index (χ0) is 15.3. The largest absolute Gasteiger partial charge is 0.441 e. The molecule has 1 aliphatic carbocycles. The molecule has 0 bridgehead atoms. The first-order valence-electron chi connectivity index (χ1n) is 7.11. The monoisotopic (exact) mass is 321 g/mol. The van der Waals surface area contributed by atoms with Gasteiger partial charge in [-0.15, -0.1) is 0 Å². The van der Waals surface area contributed by atoms with Crippen molar-refractivity contribution in [2.45, 2.75) is 37.2 Å². The Labute approximate surface area is 126 Å². The minimum atomic E-state index is -4.17. The summed E-state index contributed by atoms with van der Waals surface area (Å²) in [7, 11) is 0. The van der Waals surface area contributed by atoms with Gasteiger partial charge in [-0.25, -0.2) is 4.39 Å². The van der Waals surface area contributed by atoms with Crippen LogP contribution in [0.4, 0.5) is 17.6 Å². The van der Waals surface area contributed by atoms with E-state index >= 15 is 0 Å². The topological polar surface area (TPSA) is 12.0 Å². The SMILES string of the molecule is Fc1cccc(CC(CCSC(F)(F)F)CNC2CC2)c1. The van der Waals surface area contributed by atoms with Gasteiger partial charge >= 0.3 is 5.51 Å². The standard InChI is InChI=1S/C15H19F4NS/c16-13-3-1-2-11(9-13)8-12(10-20-14-4-5-14)6-7-21-15(17,18)19/h1-3,9,12,14,20H,4-8,10H2. The number of thioether (sulfide) groups is 1. The first kappa shape index (κ1) is 16.6. The fourth-order valence-corrected chi connectivity index (χ4v) is 2.92. The Morgan fingerprint density at radius 2 is 2.05 bits per heavy atom. The normalized spacial score (nSPS) is 17.0. The van der Waals surface area contributed by atoms with Crippen LogP contribution in [-0.4, -0.2) is 23.8 Å². The summed E-state index contributed by atoms with van der Waals surface area (Å²) < 4.78 is 49.8. The molecular weight excluding hydrogens is 302 g/mol. The molecule has 1 unspecified atom stereocenters. The second kappa shape index (κ2) is 7.49. The third kappa shape index (κ3) is 7.18. The summed E-state index contributed by atoms with van der Waals surface area (Å²) in [5.74, 6) is -0.149. The van der Waals surface area contributed by atoms with Crippen LogP contribution >= 0.6 is 11.8 Å². The van der Waals surface area contributed by atoms with Crippen LogP contribution < -0.4 is 5.32 Å². The van der Waals surface area contributed by atoms with Crippen LogP contribution in [0.15, 0.2) is 24.3 Å². The first-order valence-corrected chi connectivity index (χ1v) is 8.09. The Balaban J connectivity index is 1.84. The van der Waals surface area contributed by atoms with Gasteiger partial charge < -0.3 is 5.32 Å². The molecule has 1 aromatic carbocycles. The number of benzene rings is 1. The third-order valence-corrected chi connectivity index (χ3v) is 4.24. The summed E-state index contributed by atoms with van der Waals surface area (Å²) in [5.41, 5.74) is -3.33. The van der Waals surface area contributed by atoms with Crippen LogP contribution in [0.25, 0.3) is 0 Å². The molecule has 1 saturated carbocycles. The van der Waals surface area contributed by atoms with E-state index in [0.29, 0.717) is 25.4 Å². The first-order chi connectivity index (χ1) is 9.92. The lowest BCUT2D eigenvalue weighted by molar-refractivity contribution is -0.0328. The van der Waals surface area contributed by atoms with Crippen molar-refractivity contribution in [3.63, 3.8) is 0 Å². The Hall–Kier alpha value is -0.750. The molecule has 2 rings (SSSR count). The second-order valence-corrected chi connectivity index (χ2v) is 6.63. The molecule has 0 spiro atoms. The Bertz CT molecular complexity index is 446. The lowest BCUT2D eigenvalue weighted by Crippen LogP contribution is -2.26. The molecule has 1 aliphatic rings. The van der Waals surface area contributed by atoms with E-state index in [9.17, 15) is 17.6 Å². The molecule has 6 heteroatoms. The highest BCUT2D eigenvalue weighted by molar-refractivity contribution is 8.00. The lowest BCUT2D eigenvalue weighted by Gasteiger charge is -2.18. The molecule has 1 N–H and O–H groups in total. The molecule has 0 saturated heterocycles. The highest BCUT2D eigenvalue weighted by Gasteiger charge is 2.28. The number of rotatable bonds is 8. The molecule has 1 nitrogen and oxygen atoms in total. The molecule has 118 valence electrons. The summed E-state index contributed by atoms with van der Waals surface area (Å²) in [6, 6.07) is 6.82. The van der Waals surface area contributed by atoms with Gasteiger partial charge in [0.1, 0.15) is 5.82 Å². The maximum Gasteiger partial charge on any atom is 0.441 e. The van der Waals surface area contributed by atoms with Crippen molar-refractivity contribution in [1.82, 2.24) is 5.32 Å². The summed E-state index contributed by atoms with van der Waals surface area (Å²) in [6.07, 6.45) is 3.37. The van der Waals surface area contributed by atoms with Crippen LogP contribution in [-0.2, 0) is 6.42 Å². The van der Waals surface area contributed by atoms with Gasteiger partial charge in [-0.1, -0.05) is 23.9 Å². The predicted octanol–water partition coefficient (Wildman–Crippen LogP) is 4.38. The van der Waals surface area contributed by atoms with E-state index in [1.807, 2.05) is 6.07 Å². The van der Waals surface area contributed by atoms with E-state index in [1.54, 1.807) is 6.07 Å². The van der Waals surface area contributed by atoms with Crippen LogP contribution in [0.5, 0.6) is 0 Å². The van der Waals surface area contributed by atoms with Crippen molar-refractivity contribution in [2.75, 3.05) is 12.3 Å². The van der Waals surface area contributed by atoms with E-state index in [2.05, 4.69) is 5.32 Å². The fourth-order valence-electron chi connectivity index (χ4n) is 2.24. The molecular formula is C15H19F4NS. The quantitative estimate of drug-likeness (QED) is 0.713. The van der Waals surface area contributed by atoms with E-state index in [4.69, 9.17) is 0 Å². The van der Waals surface area contributed by atoms with Gasteiger partial charge in [-0.05, 0) is 55.8 Å². The number of nitrogens with one attached hydrogen (secondary N) is 1. The Morgan fingerprint density at radius 1 is 1.29 bits per heavy atom. The van der Waals surface area contributed by atoms with Crippen molar-refractivity contribution in [3.05, 3.63) is 35.6 Å². The van der Waals surface area contributed by atoms with Gasteiger partial charge in [0.15, 0.2) is 0 Å². The fraction of sp³-hybridized carbons (Fsp3) is 0.600. The van der Waals surface area contributed by atoms with Crippen molar-refractivity contribution >= 4 is 11.8 Å². The molecule has 0 amide bonds. The molecule has 1 atom stereocenters. The number of hydrogen-bond acceptors (Lipinski definition) is 2. The van der Waals surface area contributed by atoms with E-state index < -0.39 is 5.51 Å². The van der Waals surface area contributed by atoms with Gasteiger partial charge in [-0.3, -0.25) is 0 Å². The van der Waals surface area contributed by atoms with Gasteiger partial charge in [0, 0.05) is 11.8 Å². The minimum absolute atomic E-state index is 0.0236. The third-order valence-electron chi connectivity index (χ3n) is 3.48. The maximum atomic E-state index is 13.2. The molecule has 0 radical (unpaired) electrons. The Morgan fingerprint density at radius 3 is 2.67 bits per heavy atom. The zero-order valence-electron chi connectivity index (χ0n) is 11.6. The van der Waals surface area contributed by atoms with Crippen molar-refractivity contribution < 1.29 is 17.6 Å². The van der Waals surface area contributed by atoms with E-state index in [1.165, 1.54) is 12.1 Å². The van der Waals surface area contributed by atoms with Crippen LogP contribution in [0.2, 0.25) is 0 Å². The number of hydrogen-bond donors (Lipinski definition) is 1. The zero-order valence-corrected chi connectivity index (χ0v) is 12.4. The number of halogens is 4. The van der Waals surface area contributed by atoms with Crippen molar-refractivity contribution in [3.8, 4) is 0 Å². The molecule has 21 heavy (non-hydrogen) atoms. The highest BCUT2D eigenvalue weighted by Crippen LogP contribution is 2.31. The van der Waals surface area contributed by atoms with Crippen molar-refractivity contribution in [1.29, 1.82) is 0 Å². The average Bonchev–Trinajstić information content (AvgIpc) is 3.18. The van der Waals surface area contributed by atoms with Gasteiger partial charge in [0.25, 0.3) is 0 Å². The van der Waals surface area contributed by atoms with Gasteiger partial charge in [0.05, 0.1) is 0 Å². The minimum Gasteiger partial charge on any atom is -0.314 e. The predicted molar refractivity (Wildman–Crippen MR) is 77.7 cm³/mol. The van der Waals surface area contributed by atoms with Crippen molar-refractivity contribution in [2.24, 2.45) is 5.92 Å². The smallest absolute Gasteiger partial charge is 0.314 e. The van der Waals surface area contributed by atoms with Crippen LogP contribution in [0.1, 0.15) is 24.8 Å². The summed E-state index contributed by atoms with van der Waals surface area (Å²) >= 11 is 0.0236. The maximum absolute atomic E-state index is 13.2. The second-order valence-electron chi connectivity index (χ2n) is 5.47. The molecule has 0 aromatic heterocycles. The summed E-state index contributed by atoms with van der Waals surface area (Å²) in [6.45, 7) is 0.694. The lowest BCUT2D eigenvalue weighted by atomic mass is 9.96. The average molecular weight is 321 g/mol. The van der Waals surface area contributed by atoms with Crippen LogP contribution in [0.3, 0.4) is 0 Å². The summed E-state index contributed by atoms with van der Waals surface area (Å²) in [4.78, 5) is 0. The molecule has 0 heterocycles. The molecule has 1 aromatic rings.